The van der Waals surface area contributed by atoms with Gasteiger partial charge in [0.2, 0.25) is 0 Å². The van der Waals surface area contributed by atoms with Crippen LogP contribution in [0.3, 0.4) is 0 Å². The Labute approximate surface area is 254 Å². The van der Waals surface area contributed by atoms with E-state index in [2.05, 4.69) is 142 Å². The van der Waals surface area contributed by atoms with Crippen molar-refractivity contribution >= 4 is 43.6 Å². The Hall–Kier alpha value is -6.00. The summed E-state index contributed by atoms with van der Waals surface area (Å²) in [5, 5.41) is 4.89. The highest BCUT2D eigenvalue weighted by Crippen LogP contribution is 2.39. The second-order valence-corrected chi connectivity index (χ2v) is 11.1. The van der Waals surface area contributed by atoms with E-state index in [-0.39, 0.29) is 0 Å². The fraction of sp³-hybridized carbons (Fsp3) is 0. The van der Waals surface area contributed by atoms with Crippen molar-refractivity contribution in [3.05, 3.63) is 158 Å². The van der Waals surface area contributed by atoms with Crippen molar-refractivity contribution in [1.29, 1.82) is 0 Å². The fourth-order valence-electron chi connectivity index (χ4n) is 6.59. The summed E-state index contributed by atoms with van der Waals surface area (Å²) in [6.45, 7) is 0. The number of hydrogen-bond acceptors (Lipinski definition) is 2. The number of rotatable bonds is 4. The fourth-order valence-corrected chi connectivity index (χ4v) is 6.59. The van der Waals surface area contributed by atoms with Crippen LogP contribution in [0.25, 0.3) is 77.6 Å². The molecule has 0 radical (unpaired) electrons. The molecule has 4 heteroatoms. The molecule has 0 saturated heterocycles. The van der Waals surface area contributed by atoms with Gasteiger partial charge in [-0.1, -0.05) is 91.0 Å². The van der Waals surface area contributed by atoms with Crippen LogP contribution < -0.4 is 0 Å². The van der Waals surface area contributed by atoms with Crippen molar-refractivity contribution in [2.75, 3.05) is 0 Å². The van der Waals surface area contributed by atoms with E-state index < -0.39 is 0 Å². The highest BCUT2D eigenvalue weighted by Gasteiger charge is 2.19. The first kappa shape index (κ1) is 24.6. The van der Waals surface area contributed by atoms with Crippen LogP contribution in [0.1, 0.15) is 0 Å². The van der Waals surface area contributed by atoms with E-state index in [1.807, 2.05) is 30.5 Å². The minimum absolute atomic E-state index is 0.850. The first-order valence-electron chi connectivity index (χ1n) is 14.8. The Balaban J connectivity index is 1.32. The number of hydrogen-bond donors (Lipinski definition) is 0. The highest BCUT2D eigenvalue weighted by molar-refractivity contribution is 6.19. The zero-order valence-corrected chi connectivity index (χ0v) is 23.8. The molecule has 0 bridgehead atoms. The predicted molar refractivity (Wildman–Crippen MR) is 182 cm³/mol. The summed E-state index contributed by atoms with van der Waals surface area (Å²) < 4.78 is 4.68. The number of benzene rings is 5. The molecule has 0 spiro atoms. The van der Waals surface area contributed by atoms with E-state index in [1.54, 1.807) is 0 Å². The third-order valence-electron chi connectivity index (χ3n) is 8.59. The molecule has 0 atom stereocenters. The number of pyridine rings is 2. The molecule has 9 aromatic rings. The van der Waals surface area contributed by atoms with Crippen molar-refractivity contribution in [3.8, 4) is 34.0 Å². The molecule has 0 aliphatic rings. The van der Waals surface area contributed by atoms with Gasteiger partial charge in [0.15, 0.2) is 0 Å². The van der Waals surface area contributed by atoms with Crippen molar-refractivity contribution in [2.24, 2.45) is 0 Å². The second kappa shape index (κ2) is 9.79. The van der Waals surface area contributed by atoms with Crippen LogP contribution in [-0.4, -0.2) is 19.1 Å². The summed E-state index contributed by atoms with van der Waals surface area (Å²) in [5.74, 6) is 0.869. The van der Waals surface area contributed by atoms with Gasteiger partial charge in [-0.3, -0.25) is 9.55 Å². The van der Waals surface area contributed by atoms with Gasteiger partial charge < -0.3 is 4.57 Å². The smallest absolute Gasteiger partial charge is 0.138 e. The second-order valence-electron chi connectivity index (χ2n) is 11.1. The van der Waals surface area contributed by atoms with Gasteiger partial charge >= 0.3 is 0 Å². The standard InChI is InChI=1S/C40H26N4/c1-2-11-27(12-3-1)28-20-22-29(23-21-28)43-36-17-6-4-13-30(36)32-25-33-31-14-5-7-18-37(31)44(39(33)26-38(32)43)40-19-10-16-35(42-40)34-15-8-9-24-41-34/h1-26H. The molecular weight excluding hydrogens is 536 g/mol. The molecule has 0 fully saturated rings. The maximum Gasteiger partial charge on any atom is 0.138 e. The molecule has 4 aromatic heterocycles. The van der Waals surface area contributed by atoms with E-state index in [1.165, 1.54) is 38.2 Å². The molecular formula is C40H26N4. The van der Waals surface area contributed by atoms with Crippen LogP contribution in [-0.2, 0) is 0 Å². The lowest BCUT2D eigenvalue weighted by Gasteiger charge is -2.11. The summed E-state index contributed by atoms with van der Waals surface area (Å²) >= 11 is 0. The Morgan fingerprint density at radius 3 is 1.73 bits per heavy atom. The minimum atomic E-state index is 0.850. The summed E-state index contributed by atoms with van der Waals surface area (Å²) in [5.41, 5.74) is 9.86. The summed E-state index contributed by atoms with van der Waals surface area (Å²) in [4.78, 5) is 9.68. The van der Waals surface area contributed by atoms with Crippen LogP contribution >= 0.6 is 0 Å². The van der Waals surface area contributed by atoms with E-state index in [0.29, 0.717) is 0 Å². The molecule has 206 valence electrons. The Morgan fingerprint density at radius 1 is 0.386 bits per heavy atom. The molecule has 0 amide bonds. The zero-order chi connectivity index (χ0) is 29.0. The molecule has 44 heavy (non-hydrogen) atoms. The zero-order valence-electron chi connectivity index (χ0n) is 23.8. The molecule has 4 heterocycles. The third-order valence-corrected chi connectivity index (χ3v) is 8.59. The maximum absolute atomic E-state index is 5.12. The monoisotopic (exact) mass is 562 g/mol. The van der Waals surface area contributed by atoms with Gasteiger partial charge in [0.25, 0.3) is 0 Å². The summed E-state index contributed by atoms with van der Waals surface area (Å²) in [6, 6.07) is 53.5. The first-order chi connectivity index (χ1) is 21.8. The average molecular weight is 563 g/mol. The molecule has 0 saturated carbocycles. The topological polar surface area (TPSA) is 35.6 Å². The van der Waals surface area contributed by atoms with Crippen LogP contribution in [0.5, 0.6) is 0 Å². The summed E-state index contributed by atoms with van der Waals surface area (Å²) in [6.07, 6.45) is 1.81. The average Bonchev–Trinajstić information content (AvgIpc) is 3.60. The minimum Gasteiger partial charge on any atom is -0.309 e. The van der Waals surface area contributed by atoms with Gasteiger partial charge in [0, 0.05) is 33.4 Å². The summed E-state index contributed by atoms with van der Waals surface area (Å²) in [7, 11) is 0. The van der Waals surface area contributed by atoms with Gasteiger partial charge in [-0.25, -0.2) is 4.98 Å². The third kappa shape index (κ3) is 3.78. The van der Waals surface area contributed by atoms with E-state index >= 15 is 0 Å². The molecule has 0 unspecified atom stereocenters. The Morgan fingerprint density at radius 2 is 1.00 bits per heavy atom. The van der Waals surface area contributed by atoms with Gasteiger partial charge in [-0.2, -0.15) is 0 Å². The lowest BCUT2D eigenvalue weighted by Crippen LogP contribution is -1.99. The van der Waals surface area contributed by atoms with E-state index in [4.69, 9.17) is 4.98 Å². The molecule has 0 N–H and O–H groups in total. The highest BCUT2D eigenvalue weighted by atomic mass is 15.1. The Kier molecular flexibility index (Phi) is 5.47. The largest absolute Gasteiger partial charge is 0.309 e. The Bertz CT molecular complexity index is 2470. The number of fused-ring (bicyclic) bond motifs is 6. The maximum atomic E-state index is 5.12. The van der Waals surface area contributed by atoms with Crippen molar-refractivity contribution in [1.82, 2.24) is 19.1 Å². The van der Waals surface area contributed by atoms with Crippen LogP contribution in [0.4, 0.5) is 0 Å². The van der Waals surface area contributed by atoms with Crippen molar-refractivity contribution in [3.63, 3.8) is 0 Å². The molecule has 4 nitrogen and oxygen atoms in total. The molecule has 0 aliphatic carbocycles. The molecule has 0 aliphatic heterocycles. The lowest BCUT2D eigenvalue weighted by atomic mass is 10.1. The van der Waals surface area contributed by atoms with Gasteiger partial charge in [0.1, 0.15) is 5.82 Å². The van der Waals surface area contributed by atoms with Crippen molar-refractivity contribution in [2.45, 2.75) is 0 Å². The van der Waals surface area contributed by atoms with E-state index in [9.17, 15) is 0 Å². The predicted octanol–water partition coefficient (Wildman–Crippen LogP) is 10.0. The van der Waals surface area contributed by atoms with E-state index in [0.717, 1.165) is 39.4 Å². The van der Waals surface area contributed by atoms with Crippen LogP contribution in [0.15, 0.2) is 158 Å². The number of aromatic nitrogens is 4. The quantitative estimate of drug-likeness (QED) is 0.214. The van der Waals surface area contributed by atoms with Gasteiger partial charge in [-0.15, -0.1) is 0 Å². The van der Waals surface area contributed by atoms with Gasteiger partial charge in [-0.05, 0) is 71.8 Å². The lowest BCUT2D eigenvalue weighted by molar-refractivity contribution is 1.08. The van der Waals surface area contributed by atoms with Crippen molar-refractivity contribution < 1.29 is 0 Å². The SMILES string of the molecule is c1ccc(-c2ccc(-n3c4ccccc4c4cc5c6ccccc6n(-c6cccc(-c7ccccn7)n6)c5cc43)cc2)cc1. The number of para-hydroxylation sites is 2. The van der Waals surface area contributed by atoms with Crippen LogP contribution in [0, 0.1) is 0 Å². The normalized spacial score (nSPS) is 11.6. The van der Waals surface area contributed by atoms with Crippen LogP contribution in [0.2, 0.25) is 0 Å². The molecule has 5 aromatic carbocycles. The molecule has 9 rings (SSSR count). The first-order valence-corrected chi connectivity index (χ1v) is 14.8. The number of nitrogens with zero attached hydrogens (tertiary/aromatic N) is 4. The van der Waals surface area contributed by atoms with Gasteiger partial charge in [0.05, 0.1) is 33.5 Å².